The third-order valence-electron chi connectivity index (χ3n) is 2.31. The second-order valence-electron chi connectivity index (χ2n) is 3.95. The molecule has 0 aliphatic heterocycles. The first-order chi connectivity index (χ1) is 7.63. The van der Waals surface area contributed by atoms with Crippen molar-refractivity contribution < 1.29 is 4.39 Å². The molecule has 1 rings (SSSR count). The molecule has 0 radical (unpaired) electrons. The molecule has 0 aliphatic rings. The number of halogens is 1. The second kappa shape index (κ2) is 6.89. The summed E-state index contributed by atoms with van der Waals surface area (Å²) in [6, 6.07) is 6.61. The average Bonchev–Trinajstić information content (AvgIpc) is 2.26. The van der Waals surface area contributed by atoms with Crippen molar-refractivity contribution in [3.63, 3.8) is 0 Å². The van der Waals surface area contributed by atoms with Crippen molar-refractivity contribution in [1.82, 2.24) is 4.90 Å². The molecule has 1 atom stereocenters. The van der Waals surface area contributed by atoms with Crippen LogP contribution in [0.5, 0.6) is 0 Å². The molecule has 4 heteroatoms. The van der Waals surface area contributed by atoms with E-state index in [1.165, 1.54) is 12.1 Å². The minimum absolute atomic E-state index is 0.196. The predicted molar refractivity (Wildman–Crippen MR) is 69.2 cm³/mol. The third-order valence-corrected chi connectivity index (χ3v) is 3.60. The number of thioether (sulfide) groups is 1. The zero-order valence-electron chi connectivity index (χ0n) is 9.82. The molecule has 0 amide bonds. The number of benzene rings is 1. The smallest absolute Gasteiger partial charge is 0.123 e. The van der Waals surface area contributed by atoms with Gasteiger partial charge in [0.05, 0.1) is 0 Å². The van der Waals surface area contributed by atoms with Gasteiger partial charge in [0.25, 0.3) is 0 Å². The van der Waals surface area contributed by atoms with Gasteiger partial charge in [0.2, 0.25) is 0 Å². The molecule has 90 valence electrons. The Hall–Kier alpha value is -0.580. The van der Waals surface area contributed by atoms with Crippen molar-refractivity contribution in [2.45, 2.75) is 5.25 Å². The van der Waals surface area contributed by atoms with Gasteiger partial charge < -0.3 is 10.6 Å². The van der Waals surface area contributed by atoms with Crippen LogP contribution in [-0.4, -0.2) is 37.8 Å². The van der Waals surface area contributed by atoms with Gasteiger partial charge in [0, 0.05) is 24.1 Å². The van der Waals surface area contributed by atoms with Gasteiger partial charge in [0.1, 0.15) is 5.82 Å². The first kappa shape index (κ1) is 13.5. The van der Waals surface area contributed by atoms with Gasteiger partial charge in [-0.2, -0.15) is 11.8 Å². The summed E-state index contributed by atoms with van der Waals surface area (Å²) < 4.78 is 12.8. The molecule has 0 saturated carbocycles. The van der Waals surface area contributed by atoms with Crippen molar-refractivity contribution in [3.05, 3.63) is 35.6 Å². The Bertz CT molecular complexity index is 300. The fourth-order valence-electron chi connectivity index (χ4n) is 1.36. The van der Waals surface area contributed by atoms with E-state index in [-0.39, 0.29) is 11.1 Å². The molecule has 0 aromatic heterocycles. The zero-order chi connectivity index (χ0) is 12.0. The molecule has 0 aliphatic carbocycles. The monoisotopic (exact) mass is 242 g/mol. The highest BCUT2D eigenvalue weighted by molar-refractivity contribution is 7.99. The van der Waals surface area contributed by atoms with Crippen molar-refractivity contribution in [2.24, 2.45) is 5.73 Å². The fraction of sp³-hybridized carbons (Fsp3) is 0.500. The highest BCUT2D eigenvalue weighted by Crippen LogP contribution is 2.27. The number of rotatable bonds is 6. The van der Waals surface area contributed by atoms with Crippen LogP contribution in [0.25, 0.3) is 0 Å². The SMILES string of the molecule is CN(C)CCSC(CN)c1ccc(F)cc1. The van der Waals surface area contributed by atoms with Crippen molar-refractivity contribution in [1.29, 1.82) is 0 Å². The van der Waals surface area contributed by atoms with Gasteiger partial charge in [-0.05, 0) is 31.8 Å². The van der Waals surface area contributed by atoms with E-state index < -0.39 is 0 Å². The van der Waals surface area contributed by atoms with Crippen LogP contribution < -0.4 is 5.73 Å². The quantitative estimate of drug-likeness (QED) is 0.828. The molecular formula is C12H19FN2S. The maximum atomic E-state index is 12.8. The van der Waals surface area contributed by atoms with E-state index in [4.69, 9.17) is 5.73 Å². The van der Waals surface area contributed by atoms with E-state index in [0.717, 1.165) is 17.9 Å². The number of hydrogen-bond acceptors (Lipinski definition) is 3. The largest absolute Gasteiger partial charge is 0.329 e. The molecule has 0 fully saturated rings. The van der Waals surface area contributed by atoms with Gasteiger partial charge in [-0.15, -0.1) is 0 Å². The minimum atomic E-state index is -0.196. The molecule has 2 N–H and O–H groups in total. The van der Waals surface area contributed by atoms with Crippen LogP contribution in [0.1, 0.15) is 10.8 Å². The third kappa shape index (κ3) is 4.51. The van der Waals surface area contributed by atoms with Gasteiger partial charge in [-0.25, -0.2) is 4.39 Å². The number of nitrogens with two attached hydrogens (primary N) is 1. The first-order valence-electron chi connectivity index (χ1n) is 5.35. The Morgan fingerprint density at radius 3 is 2.44 bits per heavy atom. The maximum Gasteiger partial charge on any atom is 0.123 e. The summed E-state index contributed by atoms with van der Waals surface area (Å²) in [5.74, 6) is 0.838. The lowest BCUT2D eigenvalue weighted by Crippen LogP contribution is -2.17. The molecule has 0 bridgehead atoms. The minimum Gasteiger partial charge on any atom is -0.329 e. The molecule has 0 heterocycles. The Kier molecular flexibility index (Phi) is 5.80. The van der Waals surface area contributed by atoms with Crippen molar-refractivity contribution in [2.75, 3.05) is 32.9 Å². The Morgan fingerprint density at radius 1 is 1.31 bits per heavy atom. The number of hydrogen-bond donors (Lipinski definition) is 1. The standard InChI is InChI=1S/C12H19FN2S/c1-15(2)7-8-16-12(9-14)10-3-5-11(13)6-4-10/h3-6,12H,7-9,14H2,1-2H3. The summed E-state index contributed by atoms with van der Waals surface area (Å²) in [6.07, 6.45) is 0. The van der Waals surface area contributed by atoms with Gasteiger partial charge in [-0.3, -0.25) is 0 Å². The normalized spacial score (nSPS) is 13.1. The first-order valence-corrected chi connectivity index (χ1v) is 6.40. The summed E-state index contributed by atoms with van der Waals surface area (Å²) in [5, 5.41) is 0.264. The van der Waals surface area contributed by atoms with Crippen LogP contribution in [0.3, 0.4) is 0 Å². The van der Waals surface area contributed by atoms with E-state index in [1.807, 2.05) is 23.9 Å². The molecular weight excluding hydrogens is 223 g/mol. The topological polar surface area (TPSA) is 29.3 Å². The summed E-state index contributed by atoms with van der Waals surface area (Å²) in [4.78, 5) is 2.14. The van der Waals surface area contributed by atoms with E-state index in [0.29, 0.717) is 6.54 Å². The Balaban J connectivity index is 2.50. The van der Waals surface area contributed by atoms with E-state index in [9.17, 15) is 4.39 Å². The lowest BCUT2D eigenvalue weighted by Gasteiger charge is -2.16. The lowest BCUT2D eigenvalue weighted by molar-refractivity contribution is 0.437. The number of nitrogens with zero attached hydrogens (tertiary/aromatic N) is 1. The van der Waals surface area contributed by atoms with E-state index in [1.54, 1.807) is 0 Å². The average molecular weight is 242 g/mol. The van der Waals surface area contributed by atoms with Crippen LogP contribution in [-0.2, 0) is 0 Å². The summed E-state index contributed by atoms with van der Waals surface area (Å²) >= 11 is 1.82. The van der Waals surface area contributed by atoms with Gasteiger partial charge in [-0.1, -0.05) is 12.1 Å². The highest BCUT2D eigenvalue weighted by Gasteiger charge is 2.09. The van der Waals surface area contributed by atoms with Gasteiger partial charge in [0.15, 0.2) is 0 Å². The Morgan fingerprint density at radius 2 is 1.94 bits per heavy atom. The Labute approximate surface area is 101 Å². The molecule has 2 nitrogen and oxygen atoms in total. The second-order valence-corrected chi connectivity index (χ2v) is 5.26. The molecule has 0 spiro atoms. The highest BCUT2D eigenvalue weighted by atomic mass is 32.2. The van der Waals surface area contributed by atoms with E-state index in [2.05, 4.69) is 19.0 Å². The maximum absolute atomic E-state index is 12.8. The van der Waals surface area contributed by atoms with Crippen LogP contribution in [0.2, 0.25) is 0 Å². The van der Waals surface area contributed by atoms with Crippen LogP contribution >= 0.6 is 11.8 Å². The van der Waals surface area contributed by atoms with Crippen LogP contribution in [0.4, 0.5) is 4.39 Å². The predicted octanol–water partition coefficient (Wildman–Crippen LogP) is 2.12. The van der Waals surface area contributed by atoms with Crippen LogP contribution in [0, 0.1) is 5.82 Å². The van der Waals surface area contributed by atoms with Crippen LogP contribution in [0.15, 0.2) is 24.3 Å². The lowest BCUT2D eigenvalue weighted by atomic mass is 10.1. The molecule has 1 aromatic carbocycles. The zero-order valence-corrected chi connectivity index (χ0v) is 10.6. The fourth-order valence-corrected chi connectivity index (χ4v) is 2.60. The molecule has 0 saturated heterocycles. The van der Waals surface area contributed by atoms with E-state index >= 15 is 0 Å². The summed E-state index contributed by atoms with van der Waals surface area (Å²) in [7, 11) is 4.10. The van der Waals surface area contributed by atoms with Crippen molar-refractivity contribution >= 4 is 11.8 Å². The molecule has 1 aromatic rings. The van der Waals surface area contributed by atoms with Gasteiger partial charge >= 0.3 is 0 Å². The molecule has 1 unspecified atom stereocenters. The summed E-state index contributed by atoms with van der Waals surface area (Å²) in [6.45, 7) is 1.62. The van der Waals surface area contributed by atoms with Crippen molar-refractivity contribution in [3.8, 4) is 0 Å². The summed E-state index contributed by atoms with van der Waals surface area (Å²) in [5.41, 5.74) is 6.84. The molecule has 16 heavy (non-hydrogen) atoms.